The zero-order valence-corrected chi connectivity index (χ0v) is 14.1. The van der Waals surface area contributed by atoms with Gasteiger partial charge in [-0.25, -0.2) is 9.59 Å². The second kappa shape index (κ2) is 7.01. The molecule has 0 amide bonds. The fraction of sp³-hybridized carbons (Fsp3) is 0.368. The van der Waals surface area contributed by atoms with Gasteiger partial charge in [0, 0.05) is 42.6 Å². The molecule has 4 aliphatic rings. The molecule has 2 aliphatic heterocycles. The lowest BCUT2D eigenvalue weighted by molar-refractivity contribution is -0.134. The van der Waals surface area contributed by atoms with Crippen LogP contribution in [-0.2, 0) is 9.59 Å². The van der Waals surface area contributed by atoms with Crippen molar-refractivity contribution in [3.8, 4) is 0 Å². The van der Waals surface area contributed by atoms with E-state index < -0.39 is 11.9 Å². The first-order chi connectivity index (χ1) is 12.0. The largest absolute Gasteiger partial charge is 0.478 e. The standard InChI is InChI=1S/C15H18N2.C4H4O4/c1-9-5-13-10(7-16-9)6-11-8-17-14-4-2-3-12(13)15(11)14;5-3(6)1-2-4(7)8/h4-5,11,16-17H,2-3,6-8H2,1H3;1-2H,(H,5,6)(H,7,8)/b;2-1-. The normalized spacial score (nSPS) is 23.5. The van der Waals surface area contributed by atoms with Crippen molar-refractivity contribution in [1.29, 1.82) is 0 Å². The molecule has 1 unspecified atom stereocenters. The maximum atomic E-state index is 9.55. The number of fused-ring (bicyclic) bond motifs is 1. The summed E-state index contributed by atoms with van der Waals surface area (Å²) in [5.74, 6) is -1.77. The SMILES string of the molecule is CC1=CC2=C(CN1)CC1CNC3=CCCC2=C31.O=C(O)/C=C\C(=O)O. The van der Waals surface area contributed by atoms with Gasteiger partial charge in [-0.15, -0.1) is 0 Å². The summed E-state index contributed by atoms with van der Waals surface area (Å²) in [5, 5.41) is 22.7. The minimum absolute atomic E-state index is 0.558. The van der Waals surface area contributed by atoms with E-state index in [0.29, 0.717) is 12.2 Å². The Kier molecular flexibility index (Phi) is 4.79. The van der Waals surface area contributed by atoms with E-state index in [9.17, 15) is 9.59 Å². The van der Waals surface area contributed by atoms with Crippen LogP contribution in [0.25, 0.3) is 0 Å². The highest BCUT2D eigenvalue weighted by atomic mass is 16.4. The number of carboxylic acid groups (broad SMARTS) is 2. The Hall–Kier alpha value is -2.76. The smallest absolute Gasteiger partial charge is 0.328 e. The first-order valence-corrected chi connectivity index (χ1v) is 8.41. The van der Waals surface area contributed by atoms with Crippen LogP contribution in [0.1, 0.15) is 26.2 Å². The maximum Gasteiger partial charge on any atom is 0.328 e. The van der Waals surface area contributed by atoms with Crippen molar-refractivity contribution in [2.75, 3.05) is 13.1 Å². The van der Waals surface area contributed by atoms with Crippen molar-refractivity contribution in [3.63, 3.8) is 0 Å². The van der Waals surface area contributed by atoms with E-state index in [2.05, 4.69) is 29.7 Å². The van der Waals surface area contributed by atoms with Gasteiger partial charge in [0.15, 0.2) is 0 Å². The predicted octanol–water partition coefficient (Wildman–Crippen LogP) is 2.10. The minimum Gasteiger partial charge on any atom is -0.478 e. The number of carbonyl (C=O) groups is 2. The Bertz CT molecular complexity index is 752. The molecule has 1 fully saturated rings. The first kappa shape index (κ1) is 17.1. The Morgan fingerprint density at radius 2 is 1.92 bits per heavy atom. The summed E-state index contributed by atoms with van der Waals surface area (Å²) < 4.78 is 0. The van der Waals surface area contributed by atoms with Gasteiger partial charge in [0.1, 0.15) is 0 Å². The third kappa shape index (κ3) is 3.68. The molecule has 0 aromatic rings. The van der Waals surface area contributed by atoms with E-state index in [1.165, 1.54) is 30.7 Å². The molecule has 25 heavy (non-hydrogen) atoms. The zero-order chi connectivity index (χ0) is 18.0. The molecule has 0 aromatic heterocycles. The van der Waals surface area contributed by atoms with Crippen molar-refractivity contribution in [1.82, 2.24) is 10.6 Å². The van der Waals surface area contributed by atoms with Gasteiger partial charge in [0.05, 0.1) is 0 Å². The van der Waals surface area contributed by atoms with Crippen LogP contribution in [0.15, 0.2) is 58.0 Å². The highest BCUT2D eigenvalue weighted by Gasteiger charge is 2.35. The average molecular weight is 342 g/mol. The van der Waals surface area contributed by atoms with E-state index in [4.69, 9.17) is 10.2 Å². The van der Waals surface area contributed by atoms with Crippen molar-refractivity contribution in [2.24, 2.45) is 5.92 Å². The van der Waals surface area contributed by atoms with E-state index >= 15 is 0 Å². The topological polar surface area (TPSA) is 98.7 Å². The molecule has 0 bridgehead atoms. The summed E-state index contributed by atoms with van der Waals surface area (Å²) >= 11 is 0. The molecule has 2 heterocycles. The van der Waals surface area contributed by atoms with Crippen LogP contribution in [0.5, 0.6) is 0 Å². The number of rotatable bonds is 2. The number of aliphatic carboxylic acids is 2. The molecule has 1 atom stereocenters. The van der Waals surface area contributed by atoms with Crippen LogP contribution < -0.4 is 10.6 Å². The summed E-state index contributed by atoms with van der Waals surface area (Å²) in [6.45, 7) is 4.38. The summed E-state index contributed by atoms with van der Waals surface area (Å²) in [6.07, 6.45) is 9.55. The van der Waals surface area contributed by atoms with E-state index in [1.807, 2.05) is 0 Å². The molecule has 0 saturated carbocycles. The monoisotopic (exact) mass is 342 g/mol. The Labute approximate surface area is 146 Å². The molecule has 132 valence electrons. The molecule has 6 heteroatoms. The van der Waals surface area contributed by atoms with Crippen LogP contribution in [0.2, 0.25) is 0 Å². The van der Waals surface area contributed by atoms with Crippen molar-refractivity contribution in [2.45, 2.75) is 26.2 Å². The van der Waals surface area contributed by atoms with Crippen LogP contribution in [0, 0.1) is 5.92 Å². The number of dihydropyridines is 1. The van der Waals surface area contributed by atoms with Gasteiger partial charge >= 0.3 is 11.9 Å². The van der Waals surface area contributed by atoms with Crippen molar-refractivity contribution < 1.29 is 19.8 Å². The lowest BCUT2D eigenvalue weighted by Gasteiger charge is -2.32. The average Bonchev–Trinajstić information content (AvgIpc) is 2.99. The number of carboxylic acids is 2. The number of hydrogen-bond donors (Lipinski definition) is 4. The molecular formula is C19H22N2O4. The van der Waals surface area contributed by atoms with Gasteiger partial charge in [-0.1, -0.05) is 6.08 Å². The van der Waals surface area contributed by atoms with Crippen LogP contribution in [-0.4, -0.2) is 35.2 Å². The van der Waals surface area contributed by atoms with Gasteiger partial charge in [0.25, 0.3) is 0 Å². The van der Waals surface area contributed by atoms with Crippen molar-refractivity contribution in [3.05, 3.63) is 58.0 Å². The summed E-state index contributed by atoms with van der Waals surface area (Å²) in [7, 11) is 0. The van der Waals surface area contributed by atoms with Gasteiger partial charge < -0.3 is 20.8 Å². The molecule has 4 N–H and O–H groups in total. The highest BCUT2D eigenvalue weighted by molar-refractivity contribution is 5.89. The third-order valence-electron chi connectivity index (χ3n) is 4.81. The molecule has 0 aromatic carbocycles. The lowest BCUT2D eigenvalue weighted by atomic mass is 9.75. The quantitative estimate of drug-likeness (QED) is 0.574. The predicted molar refractivity (Wildman–Crippen MR) is 93.7 cm³/mol. The fourth-order valence-electron chi connectivity index (χ4n) is 3.82. The fourth-order valence-corrected chi connectivity index (χ4v) is 3.82. The van der Waals surface area contributed by atoms with Gasteiger partial charge in [-0.2, -0.15) is 0 Å². The Morgan fingerprint density at radius 3 is 2.60 bits per heavy atom. The summed E-state index contributed by atoms with van der Waals surface area (Å²) in [4.78, 5) is 19.1. The summed E-state index contributed by atoms with van der Waals surface area (Å²) in [5.41, 5.74) is 9.22. The van der Waals surface area contributed by atoms with E-state index in [-0.39, 0.29) is 0 Å². The Balaban J connectivity index is 0.000000197. The zero-order valence-electron chi connectivity index (χ0n) is 14.1. The number of allylic oxidation sites excluding steroid dienone is 6. The van der Waals surface area contributed by atoms with Crippen LogP contribution in [0.3, 0.4) is 0 Å². The second-order valence-electron chi connectivity index (χ2n) is 6.54. The number of nitrogens with one attached hydrogen (secondary N) is 2. The molecule has 6 nitrogen and oxygen atoms in total. The van der Waals surface area contributed by atoms with Crippen molar-refractivity contribution >= 4 is 11.9 Å². The molecule has 1 saturated heterocycles. The van der Waals surface area contributed by atoms with Gasteiger partial charge in [0.2, 0.25) is 0 Å². The summed E-state index contributed by atoms with van der Waals surface area (Å²) in [6, 6.07) is 0. The lowest BCUT2D eigenvalue weighted by Crippen LogP contribution is -2.26. The maximum absolute atomic E-state index is 9.55. The van der Waals surface area contributed by atoms with E-state index in [1.54, 1.807) is 22.3 Å². The van der Waals surface area contributed by atoms with Gasteiger partial charge in [-0.05, 0) is 54.6 Å². The van der Waals surface area contributed by atoms with E-state index in [0.717, 1.165) is 19.0 Å². The molecule has 2 aliphatic carbocycles. The van der Waals surface area contributed by atoms with Crippen LogP contribution >= 0.6 is 0 Å². The van der Waals surface area contributed by atoms with Crippen LogP contribution in [0.4, 0.5) is 0 Å². The minimum atomic E-state index is -1.26. The second-order valence-corrected chi connectivity index (χ2v) is 6.54. The third-order valence-corrected chi connectivity index (χ3v) is 4.81. The molecule has 4 rings (SSSR count). The molecular weight excluding hydrogens is 320 g/mol. The molecule has 0 spiro atoms. The molecule has 0 radical (unpaired) electrons. The highest BCUT2D eigenvalue weighted by Crippen LogP contribution is 2.45. The van der Waals surface area contributed by atoms with Gasteiger partial charge in [-0.3, -0.25) is 0 Å². The number of hydrogen-bond acceptors (Lipinski definition) is 4. The first-order valence-electron chi connectivity index (χ1n) is 8.41. The Morgan fingerprint density at radius 1 is 1.20 bits per heavy atom.